The summed E-state index contributed by atoms with van der Waals surface area (Å²) in [6.45, 7) is 5.35. The van der Waals surface area contributed by atoms with Crippen molar-refractivity contribution in [3.05, 3.63) is 0 Å². The van der Waals surface area contributed by atoms with E-state index in [0.29, 0.717) is 0 Å². The van der Waals surface area contributed by atoms with Crippen molar-refractivity contribution in [2.24, 2.45) is 5.73 Å². The van der Waals surface area contributed by atoms with Gasteiger partial charge in [-0.1, -0.05) is 51.9 Å². The molecule has 3 N–H and O–H groups in total. The van der Waals surface area contributed by atoms with Crippen LogP contribution < -0.4 is 11.1 Å². The van der Waals surface area contributed by atoms with E-state index in [4.69, 9.17) is 5.73 Å². The molecular weight excluding hydrogens is 184 g/mol. The smallest absolute Gasteiger partial charge is 0.00369 e. The Balaban J connectivity index is 2.81. The minimum Gasteiger partial charge on any atom is -0.330 e. The van der Waals surface area contributed by atoms with E-state index in [1.54, 1.807) is 0 Å². The number of hydrogen-bond donors (Lipinski definition) is 2. The summed E-state index contributed by atoms with van der Waals surface area (Å²) in [6.07, 6.45) is 12.3. The van der Waals surface area contributed by atoms with E-state index in [1.165, 1.54) is 57.9 Å². The summed E-state index contributed by atoms with van der Waals surface area (Å²) in [5, 5.41) is 3.42. The fourth-order valence-electron chi connectivity index (χ4n) is 1.74. The van der Waals surface area contributed by atoms with Gasteiger partial charge < -0.3 is 11.1 Å². The van der Waals surface area contributed by atoms with Crippen molar-refractivity contribution in [1.29, 1.82) is 0 Å². The second-order valence-corrected chi connectivity index (χ2v) is 4.37. The summed E-state index contributed by atoms with van der Waals surface area (Å²) < 4.78 is 0. The SMILES string of the molecule is CCCCCCCCCCNCCCN. The van der Waals surface area contributed by atoms with E-state index >= 15 is 0 Å². The highest BCUT2D eigenvalue weighted by atomic mass is 14.8. The van der Waals surface area contributed by atoms with Gasteiger partial charge in [-0.15, -0.1) is 0 Å². The molecule has 0 atom stereocenters. The molecule has 0 fully saturated rings. The second kappa shape index (κ2) is 13.9. The van der Waals surface area contributed by atoms with Crippen molar-refractivity contribution in [3.8, 4) is 0 Å². The first-order valence-corrected chi connectivity index (χ1v) is 6.82. The molecule has 0 spiro atoms. The molecule has 0 aliphatic carbocycles. The highest BCUT2D eigenvalue weighted by Crippen LogP contribution is 2.07. The van der Waals surface area contributed by atoms with Crippen LogP contribution in [0.2, 0.25) is 0 Å². The Bertz CT molecular complexity index is 92.7. The fraction of sp³-hybridized carbons (Fsp3) is 1.00. The van der Waals surface area contributed by atoms with E-state index in [9.17, 15) is 0 Å². The summed E-state index contributed by atoms with van der Waals surface area (Å²) in [4.78, 5) is 0. The molecule has 0 aromatic rings. The van der Waals surface area contributed by atoms with Crippen LogP contribution >= 0.6 is 0 Å². The van der Waals surface area contributed by atoms with Crippen molar-refractivity contribution in [1.82, 2.24) is 5.32 Å². The molecule has 0 radical (unpaired) electrons. The van der Waals surface area contributed by atoms with Gasteiger partial charge in [0.15, 0.2) is 0 Å². The van der Waals surface area contributed by atoms with E-state index in [1.807, 2.05) is 0 Å². The zero-order valence-corrected chi connectivity index (χ0v) is 10.6. The molecule has 0 saturated heterocycles. The molecule has 0 aromatic heterocycles. The van der Waals surface area contributed by atoms with Crippen molar-refractivity contribution < 1.29 is 0 Å². The van der Waals surface area contributed by atoms with E-state index < -0.39 is 0 Å². The maximum atomic E-state index is 5.41. The molecule has 2 nitrogen and oxygen atoms in total. The van der Waals surface area contributed by atoms with Gasteiger partial charge in [-0.2, -0.15) is 0 Å². The first-order chi connectivity index (χ1) is 7.41. The first-order valence-electron chi connectivity index (χ1n) is 6.82. The van der Waals surface area contributed by atoms with Crippen molar-refractivity contribution >= 4 is 0 Å². The van der Waals surface area contributed by atoms with Crippen molar-refractivity contribution in [3.63, 3.8) is 0 Å². The van der Waals surface area contributed by atoms with Gasteiger partial charge in [-0.05, 0) is 32.5 Å². The predicted molar refractivity (Wildman–Crippen MR) is 69.2 cm³/mol. The lowest BCUT2D eigenvalue weighted by atomic mass is 10.1. The Kier molecular flexibility index (Phi) is 13.8. The van der Waals surface area contributed by atoms with Crippen LogP contribution in [-0.2, 0) is 0 Å². The quantitative estimate of drug-likeness (QED) is 0.490. The van der Waals surface area contributed by atoms with Crippen LogP contribution in [0, 0.1) is 0 Å². The molecule has 2 heteroatoms. The average Bonchev–Trinajstić information content (AvgIpc) is 2.26. The third-order valence-corrected chi connectivity index (χ3v) is 2.76. The standard InChI is InChI=1S/C13H30N2/c1-2-3-4-5-6-7-8-9-12-15-13-10-11-14/h15H,2-14H2,1H3. The minimum atomic E-state index is 0.810. The highest BCUT2D eigenvalue weighted by molar-refractivity contribution is 4.50. The molecule has 0 unspecified atom stereocenters. The maximum absolute atomic E-state index is 5.41. The Labute approximate surface area is 96.0 Å². The topological polar surface area (TPSA) is 38.0 Å². The number of hydrogen-bond acceptors (Lipinski definition) is 2. The van der Waals surface area contributed by atoms with Crippen LogP contribution in [0.3, 0.4) is 0 Å². The molecule has 0 bridgehead atoms. The zero-order valence-electron chi connectivity index (χ0n) is 10.6. The first kappa shape index (κ1) is 14.9. The zero-order chi connectivity index (χ0) is 11.2. The molecule has 92 valence electrons. The molecule has 0 rings (SSSR count). The Morgan fingerprint density at radius 1 is 0.733 bits per heavy atom. The van der Waals surface area contributed by atoms with Crippen LogP contribution in [0.15, 0.2) is 0 Å². The molecule has 15 heavy (non-hydrogen) atoms. The molecule has 0 aromatic carbocycles. The Hall–Kier alpha value is -0.0800. The average molecular weight is 214 g/mol. The van der Waals surface area contributed by atoms with E-state index in [0.717, 1.165) is 19.5 Å². The normalized spacial score (nSPS) is 10.8. The van der Waals surface area contributed by atoms with Crippen LogP contribution in [0.1, 0.15) is 64.7 Å². The number of rotatable bonds is 12. The monoisotopic (exact) mass is 214 g/mol. The number of unbranched alkanes of at least 4 members (excludes halogenated alkanes) is 7. The summed E-state index contributed by atoms with van der Waals surface area (Å²) in [6, 6.07) is 0. The third-order valence-electron chi connectivity index (χ3n) is 2.76. The summed E-state index contributed by atoms with van der Waals surface area (Å²) in [7, 11) is 0. The lowest BCUT2D eigenvalue weighted by molar-refractivity contribution is 0.552. The summed E-state index contributed by atoms with van der Waals surface area (Å²) in [5.74, 6) is 0. The lowest BCUT2D eigenvalue weighted by Gasteiger charge is -2.03. The van der Waals surface area contributed by atoms with Gasteiger partial charge in [-0.25, -0.2) is 0 Å². The van der Waals surface area contributed by atoms with Gasteiger partial charge in [0, 0.05) is 0 Å². The summed E-state index contributed by atoms with van der Waals surface area (Å²) >= 11 is 0. The van der Waals surface area contributed by atoms with Gasteiger partial charge in [0.05, 0.1) is 0 Å². The van der Waals surface area contributed by atoms with Gasteiger partial charge in [0.2, 0.25) is 0 Å². The maximum Gasteiger partial charge on any atom is -0.00369 e. The van der Waals surface area contributed by atoms with Gasteiger partial charge >= 0.3 is 0 Å². The van der Waals surface area contributed by atoms with Crippen molar-refractivity contribution in [2.75, 3.05) is 19.6 Å². The Morgan fingerprint density at radius 3 is 1.87 bits per heavy atom. The van der Waals surface area contributed by atoms with Crippen LogP contribution in [-0.4, -0.2) is 19.6 Å². The van der Waals surface area contributed by atoms with Gasteiger partial charge in [-0.3, -0.25) is 0 Å². The van der Waals surface area contributed by atoms with Crippen LogP contribution in [0.5, 0.6) is 0 Å². The third kappa shape index (κ3) is 13.9. The second-order valence-electron chi connectivity index (χ2n) is 4.37. The van der Waals surface area contributed by atoms with E-state index in [-0.39, 0.29) is 0 Å². The largest absolute Gasteiger partial charge is 0.330 e. The van der Waals surface area contributed by atoms with Crippen molar-refractivity contribution in [2.45, 2.75) is 64.7 Å². The molecule has 0 saturated carbocycles. The summed E-state index contributed by atoms with van der Waals surface area (Å²) in [5.41, 5.74) is 5.41. The molecule has 0 aliphatic heterocycles. The van der Waals surface area contributed by atoms with Gasteiger partial charge in [0.1, 0.15) is 0 Å². The lowest BCUT2D eigenvalue weighted by Crippen LogP contribution is -2.19. The van der Waals surface area contributed by atoms with E-state index in [2.05, 4.69) is 12.2 Å². The fourth-order valence-corrected chi connectivity index (χ4v) is 1.74. The van der Waals surface area contributed by atoms with Crippen LogP contribution in [0.25, 0.3) is 0 Å². The molecule has 0 heterocycles. The molecular formula is C13H30N2. The molecule has 0 aliphatic rings. The molecule has 0 amide bonds. The number of nitrogens with one attached hydrogen (secondary N) is 1. The number of nitrogens with two attached hydrogens (primary N) is 1. The highest BCUT2D eigenvalue weighted by Gasteiger charge is 1.91. The predicted octanol–water partition coefficient (Wildman–Crippen LogP) is 3.07. The van der Waals surface area contributed by atoms with Crippen LogP contribution in [0.4, 0.5) is 0 Å². The van der Waals surface area contributed by atoms with Gasteiger partial charge in [0.25, 0.3) is 0 Å². The minimum absolute atomic E-state index is 0.810. The Morgan fingerprint density at radius 2 is 1.27 bits per heavy atom.